The molecule has 0 aliphatic carbocycles. The predicted octanol–water partition coefficient (Wildman–Crippen LogP) is 1.99. The summed E-state index contributed by atoms with van der Waals surface area (Å²) in [6.07, 6.45) is 6.34. The Bertz CT molecular complexity index is 178. The molecule has 11 heavy (non-hydrogen) atoms. The summed E-state index contributed by atoms with van der Waals surface area (Å²) in [5, 5.41) is 0. The predicted molar refractivity (Wildman–Crippen MR) is 58.2 cm³/mol. The Morgan fingerprint density at radius 3 is 2.27 bits per heavy atom. The van der Waals surface area contributed by atoms with Gasteiger partial charge in [-0.15, -0.1) is 13.2 Å². The van der Waals surface area contributed by atoms with Gasteiger partial charge in [-0.25, -0.2) is 0 Å². The topological polar surface area (TPSA) is 26.0 Å². The van der Waals surface area contributed by atoms with Crippen LogP contribution < -0.4 is 5.73 Å². The molecule has 2 N–H and O–H groups in total. The van der Waals surface area contributed by atoms with Crippen LogP contribution in [0.3, 0.4) is 0 Å². The largest absolute Gasteiger partial charge is 0.324 e. The maximum absolute atomic E-state index is 5.81. The van der Waals surface area contributed by atoms with Gasteiger partial charge in [0.25, 0.3) is 0 Å². The van der Waals surface area contributed by atoms with Crippen LogP contribution >= 0.6 is 6.89 Å². The van der Waals surface area contributed by atoms with Gasteiger partial charge in [0.05, 0.1) is 0 Å². The van der Waals surface area contributed by atoms with Crippen LogP contribution in [0.25, 0.3) is 0 Å². The van der Waals surface area contributed by atoms with Crippen molar-refractivity contribution >= 4 is 13.2 Å². The van der Waals surface area contributed by atoms with E-state index in [1.54, 1.807) is 0 Å². The Labute approximate surface area is 70.7 Å². The molecule has 66 valence electrons. The molecule has 0 saturated carbocycles. The number of hydrogen-bond acceptors (Lipinski definition) is 1. The smallest absolute Gasteiger partial charge is 0.0251 e. The van der Waals surface area contributed by atoms with E-state index in [4.69, 9.17) is 5.73 Å². The SMILES string of the molecule is C=C(C)C(N)CCP(=C)(C)C. The fourth-order valence-electron chi connectivity index (χ4n) is 0.735. The molecule has 0 rings (SSSR count). The van der Waals surface area contributed by atoms with Crippen molar-refractivity contribution in [2.75, 3.05) is 19.5 Å². The molecule has 1 unspecified atom stereocenters. The second-order valence-corrected chi connectivity index (χ2v) is 8.22. The number of hydrogen-bond donors (Lipinski definition) is 1. The summed E-state index contributed by atoms with van der Waals surface area (Å²) in [5.74, 6) is 0. The zero-order chi connectivity index (χ0) is 9.07. The summed E-state index contributed by atoms with van der Waals surface area (Å²) in [4.78, 5) is 0. The monoisotopic (exact) mass is 173 g/mol. The normalized spacial score (nSPS) is 14.5. The second kappa shape index (κ2) is 4.13. The highest BCUT2D eigenvalue weighted by Gasteiger charge is 2.05. The molecule has 2 heteroatoms. The van der Waals surface area contributed by atoms with E-state index in [-0.39, 0.29) is 6.04 Å². The molecule has 0 radical (unpaired) electrons. The maximum Gasteiger partial charge on any atom is 0.0251 e. The molecule has 0 bridgehead atoms. The first kappa shape index (κ1) is 11.0. The van der Waals surface area contributed by atoms with Crippen LogP contribution in [0.2, 0.25) is 0 Å². The van der Waals surface area contributed by atoms with Gasteiger partial charge in [0, 0.05) is 6.04 Å². The lowest BCUT2D eigenvalue weighted by Crippen LogP contribution is -2.21. The molecule has 0 spiro atoms. The van der Waals surface area contributed by atoms with Gasteiger partial charge < -0.3 is 5.73 Å². The quantitative estimate of drug-likeness (QED) is 0.510. The van der Waals surface area contributed by atoms with E-state index in [1.807, 2.05) is 6.92 Å². The summed E-state index contributed by atoms with van der Waals surface area (Å²) in [7, 11) is 0. The Hall–Kier alpha value is 0. The van der Waals surface area contributed by atoms with Crippen LogP contribution in [0.1, 0.15) is 13.3 Å². The molecule has 0 heterocycles. The summed E-state index contributed by atoms with van der Waals surface area (Å²) in [5.41, 5.74) is 6.90. The molecule has 0 aliphatic rings. The number of nitrogens with two attached hydrogens (primary N) is 1. The third kappa shape index (κ3) is 6.40. The summed E-state index contributed by atoms with van der Waals surface area (Å²) in [6.45, 7) is 9.40. The lowest BCUT2D eigenvalue weighted by Gasteiger charge is -2.16. The first-order valence-electron chi connectivity index (χ1n) is 3.91. The molecule has 1 nitrogen and oxygen atoms in total. The van der Waals surface area contributed by atoms with E-state index in [1.165, 1.54) is 6.16 Å². The minimum atomic E-state index is -0.880. The van der Waals surface area contributed by atoms with Crippen molar-refractivity contribution < 1.29 is 0 Å². The highest BCUT2D eigenvalue weighted by molar-refractivity contribution is 7.72. The zero-order valence-corrected chi connectivity index (χ0v) is 8.82. The summed E-state index contributed by atoms with van der Waals surface area (Å²) in [6, 6.07) is 0.177. The second-order valence-electron chi connectivity index (χ2n) is 3.90. The molecule has 0 aromatic carbocycles. The highest BCUT2D eigenvalue weighted by atomic mass is 31.2. The standard InChI is InChI=1S/C9H20NP/c1-8(2)9(10)6-7-11(3,4)5/h9H,1,3,6-7,10H2,2,4-5H3. The van der Waals surface area contributed by atoms with Crippen LogP contribution in [0.5, 0.6) is 0 Å². The molecule has 0 fully saturated rings. The number of rotatable bonds is 4. The third-order valence-electron chi connectivity index (χ3n) is 1.68. The van der Waals surface area contributed by atoms with Gasteiger partial charge in [-0.1, -0.05) is 12.2 Å². The average molecular weight is 173 g/mol. The van der Waals surface area contributed by atoms with Gasteiger partial charge in [-0.2, -0.15) is 0 Å². The molecular formula is C9H20NP. The lowest BCUT2D eigenvalue weighted by molar-refractivity contribution is 0.747. The molecule has 0 aliphatic heterocycles. The van der Waals surface area contributed by atoms with E-state index in [2.05, 4.69) is 26.2 Å². The first-order valence-corrected chi connectivity index (χ1v) is 6.96. The van der Waals surface area contributed by atoms with Crippen LogP contribution in [0, 0.1) is 0 Å². The van der Waals surface area contributed by atoms with Crippen LogP contribution in [0.4, 0.5) is 0 Å². The molecule has 1 atom stereocenters. The Balaban J connectivity index is 3.72. The molecule has 0 amide bonds. The fourth-order valence-corrected chi connectivity index (χ4v) is 1.71. The van der Waals surface area contributed by atoms with Crippen molar-refractivity contribution in [3.63, 3.8) is 0 Å². The van der Waals surface area contributed by atoms with Crippen LogP contribution in [-0.4, -0.2) is 31.8 Å². The van der Waals surface area contributed by atoms with Crippen molar-refractivity contribution in [2.24, 2.45) is 5.73 Å². The van der Waals surface area contributed by atoms with Crippen molar-refractivity contribution in [3.8, 4) is 0 Å². The van der Waals surface area contributed by atoms with Crippen molar-refractivity contribution in [3.05, 3.63) is 12.2 Å². The third-order valence-corrected chi connectivity index (χ3v) is 3.15. The van der Waals surface area contributed by atoms with Gasteiger partial charge in [0.15, 0.2) is 0 Å². The molecule has 0 saturated heterocycles. The van der Waals surface area contributed by atoms with E-state index >= 15 is 0 Å². The van der Waals surface area contributed by atoms with E-state index in [0.717, 1.165) is 12.0 Å². The van der Waals surface area contributed by atoms with Gasteiger partial charge in [0.2, 0.25) is 0 Å². The Morgan fingerprint density at radius 2 is 2.00 bits per heavy atom. The lowest BCUT2D eigenvalue weighted by atomic mass is 10.1. The van der Waals surface area contributed by atoms with Crippen LogP contribution in [-0.2, 0) is 0 Å². The maximum atomic E-state index is 5.81. The van der Waals surface area contributed by atoms with Crippen molar-refractivity contribution in [1.82, 2.24) is 0 Å². The summed E-state index contributed by atoms with van der Waals surface area (Å²) < 4.78 is 0. The first-order chi connectivity index (χ1) is 4.83. The van der Waals surface area contributed by atoms with Gasteiger partial charge >= 0.3 is 0 Å². The minimum Gasteiger partial charge on any atom is -0.324 e. The van der Waals surface area contributed by atoms with Gasteiger partial charge in [-0.3, -0.25) is 0 Å². The zero-order valence-electron chi connectivity index (χ0n) is 7.93. The van der Waals surface area contributed by atoms with E-state index in [0.29, 0.717) is 0 Å². The van der Waals surface area contributed by atoms with Crippen molar-refractivity contribution in [2.45, 2.75) is 19.4 Å². The van der Waals surface area contributed by atoms with Crippen LogP contribution in [0.15, 0.2) is 12.2 Å². The highest BCUT2D eigenvalue weighted by Crippen LogP contribution is 2.36. The van der Waals surface area contributed by atoms with Gasteiger partial charge in [-0.05, 0) is 32.8 Å². The van der Waals surface area contributed by atoms with Gasteiger partial charge in [0.1, 0.15) is 0 Å². The molecular weight excluding hydrogens is 153 g/mol. The minimum absolute atomic E-state index is 0.177. The van der Waals surface area contributed by atoms with Crippen molar-refractivity contribution in [1.29, 1.82) is 0 Å². The fraction of sp³-hybridized carbons (Fsp3) is 0.667. The van der Waals surface area contributed by atoms with E-state index in [9.17, 15) is 0 Å². The molecule has 0 aromatic rings. The summed E-state index contributed by atoms with van der Waals surface area (Å²) >= 11 is 0. The Kier molecular flexibility index (Phi) is 4.13. The Morgan fingerprint density at radius 1 is 1.55 bits per heavy atom. The van der Waals surface area contributed by atoms with E-state index < -0.39 is 6.89 Å². The average Bonchev–Trinajstić information content (AvgIpc) is 1.80. The molecule has 0 aromatic heterocycles.